The fraction of sp³-hybridized carbons (Fsp3) is 0.462. The van der Waals surface area contributed by atoms with Gasteiger partial charge in [-0.1, -0.05) is 0 Å². The standard InChI is InChI=1S/C13H16IN3O3/c14-10-4-5-11(12(8-10)17(19)20)15-9-13(18)16-6-2-1-3-7-16/h4-5,8,15H,1-3,6-7,9H2. The van der Waals surface area contributed by atoms with Crippen molar-refractivity contribution in [3.63, 3.8) is 0 Å². The van der Waals surface area contributed by atoms with Gasteiger partial charge in [0.2, 0.25) is 5.91 Å². The number of piperidine rings is 1. The first-order valence-corrected chi connectivity index (χ1v) is 7.61. The van der Waals surface area contributed by atoms with Crippen LogP contribution in [0.4, 0.5) is 11.4 Å². The van der Waals surface area contributed by atoms with Gasteiger partial charge in [0.25, 0.3) is 5.69 Å². The van der Waals surface area contributed by atoms with Crippen molar-refractivity contribution in [1.82, 2.24) is 4.90 Å². The van der Waals surface area contributed by atoms with E-state index in [2.05, 4.69) is 5.32 Å². The van der Waals surface area contributed by atoms with Crippen molar-refractivity contribution in [3.8, 4) is 0 Å². The first-order chi connectivity index (χ1) is 9.58. The molecule has 1 heterocycles. The summed E-state index contributed by atoms with van der Waals surface area (Å²) in [7, 11) is 0. The minimum atomic E-state index is -0.435. The molecule has 1 N–H and O–H groups in total. The van der Waals surface area contributed by atoms with Crippen LogP contribution in [0.5, 0.6) is 0 Å². The van der Waals surface area contributed by atoms with E-state index in [9.17, 15) is 14.9 Å². The smallest absolute Gasteiger partial charge is 0.293 e. The van der Waals surface area contributed by atoms with Gasteiger partial charge >= 0.3 is 0 Å². The van der Waals surface area contributed by atoms with E-state index in [0.717, 1.165) is 29.5 Å². The topological polar surface area (TPSA) is 75.5 Å². The molecule has 1 fully saturated rings. The van der Waals surface area contributed by atoms with Gasteiger partial charge in [0.1, 0.15) is 5.69 Å². The van der Waals surface area contributed by atoms with E-state index in [1.54, 1.807) is 12.1 Å². The molecule has 0 spiro atoms. The van der Waals surface area contributed by atoms with Gasteiger partial charge in [-0.2, -0.15) is 0 Å². The zero-order valence-corrected chi connectivity index (χ0v) is 13.1. The molecule has 7 heteroatoms. The molecule has 0 bridgehead atoms. The second-order valence-corrected chi connectivity index (χ2v) is 5.96. The molecular weight excluding hydrogens is 373 g/mol. The number of carbonyl (C=O) groups is 1. The molecule has 1 saturated heterocycles. The van der Waals surface area contributed by atoms with Crippen LogP contribution in [0, 0.1) is 13.7 Å². The molecule has 0 atom stereocenters. The van der Waals surface area contributed by atoms with Crippen LogP contribution in [-0.2, 0) is 4.79 Å². The Morgan fingerprint density at radius 3 is 2.70 bits per heavy atom. The maximum absolute atomic E-state index is 12.0. The number of likely N-dealkylation sites (tertiary alicyclic amines) is 1. The molecular formula is C13H16IN3O3. The predicted octanol–water partition coefficient (Wildman–Crippen LogP) is 2.62. The Hall–Kier alpha value is -1.38. The highest BCUT2D eigenvalue weighted by Gasteiger charge is 2.18. The number of carbonyl (C=O) groups excluding carboxylic acids is 1. The van der Waals surface area contributed by atoms with Crippen LogP contribution in [0.2, 0.25) is 0 Å². The number of nitrogens with one attached hydrogen (secondary N) is 1. The number of amides is 1. The van der Waals surface area contributed by atoms with Crippen LogP contribution >= 0.6 is 22.6 Å². The quantitative estimate of drug-likeness (QED) is 0.488. The molecule has 0 unspecified atom stereocenters. The lowest BCUT2D eigenvalue weighted by atomic mass is 10.1. The third-order valence-corrected chi connectivity index (χ3v) is 3.97. The number of anilines is 1. The van der Waals surface area contributed by atoms with Crippen LogP contribution in [0.25, 0.3) is 0 Å². The molecule has 0 saturated carbocycles. The molecule has 1 aromatic carbocycles. The summed E-state index contributed by atoms with van der Waals surface area (Å²) >= 11 is 2.03. The molecule has 1 aliphatic heterocycles. The lowest BCUT2D eigenvalue weighted by Crippen LogP contribution is -2.39. The van der Waals surface area contributed by atoms with E-state index in [4.69, 9.17) is 0 Å². The minimum absolute atomic E-state index is 0.00227. The van der Waals surface area contributed by atoms with Gasteiger partial charge in [0.05, 0.1) is 11.5 Å². The van der Waals surface area contributed by atoms with Crippen LogP contribution in [0.15, 0.2) is 18.2 Å². The van der Waals surface area contributed by atoms with Crippen molar-refractivity contribution in [3.05, 3.63) is 31.9 Å². The molecule has 0 aliphatic carbocycles. The van der Waals surface area contributed by atoms with E-state index in [-0.39, 0.29) is 18.1 Å². The van der Waals surface area contributed by atoms with Crippen molar-refractivity contribution in [2.45, 2.75) is 19.3 Å². The van der Waals surface area contributed by atoms with E-state index in [1.807, 2.05) is 27.5 Å². The highest BCUT2D eigenvalue weighted by molar-refractivity contribution is 14.1. The van der Waals surface area contributed by atoms with Gasteiger partial charge in [0, 0.05) is 22.7 Å². The monoisotopic (exact) mass is 389 g/mol. The summed E-state index contributed by atoms with van der Waals surface area (Å²) in [6.45, 7) is 1.67. The molecule has 1 amide bonds. The Morgan fingerprint density at radius 2 is 2.05 bits per heavy atom. The normalized spacial score (nSPS) is 14.9. The van der Waals surface area contributed by atoms with E-state index >= 15 is 0 Å². The third-order valence-electron chi connectivity index (χ3n) is 3.30. The van der Waals surface area contributed by atoms with E-state index in [0.29, 0.717) is 5.69 Å². The largest absolute Gasteiger partial charge is 0.371 e. The average molecular weight is 389 g/mol. The van der Waals surface area contributed by atoms with E-state index in [1.165, 1.54) is 12.5 Å². The third kappa shape index (κ3) is 3.81. The van der Waals surface area contributed by atoms with Crippen molar-refractivity contribution in [2.24, 2.45) is 0 Å². The van der Waals surface area contributed by atoms with E-state index < -0.39 is 4.92 Å². The summed E-state index contributed by atoms with van der Waals surface area (Å²) in [5, 5.41) is 13.9. The molecule has 2 rings (SSSR count). The zero-order chi connectivity index (χ0) is 14.5. The number of hydrogen-bond acceptors (Lipinski definition) is 4. The molecule has 0 radical (unpaired) electrons. The highest BCUT2D eigenvalue weighted by Crippen LogP contribution is 2.26. The molecule has 20 heavy (non-hydrogen) atoms. The molecule has 1 aromatic rings. The van der Waals surface area contributed by atoms with Crippen molar-refractivity contribution < 1.29 is 9.72 Å². The Labute approximate surface area is 130 Å². The molecule has 0 aromatic heterocycles. The molecule has 108 valence electrons. The number of halogens is 1. The maximum Gasteiger partial charge on any atom is 0.293 e. The summed E-state index contributed by atoms with van der Waals surface area (Å²) in [4.78, 5) is 24.4. The first-order valence-electron chi connectivity index (χ1n) is 6.53. The van der Waals surface area contributed by atoms with Crippen molar-refractivity contribution in [2.75, 3.05) is 25.0 Å². The van der Waals surface area contributed by atoms with Gasteiger partial charge in [0.15, 0.2) is 0 Å². The Kier molecular flexibility index (Phi) is 5.16. The Morgan fingerprint density at radius 1 is 1.35 bits per heavy atom. The maximum atomic E-state index is 12.0. The van der Waals surface area contributed by atoms with Gasteiger partial charge in [-0.05, 0) is 54.0 Å². The van der Waals surface area contributed by atoms with Crippen LogP contribution in [0.1, 0.15) is 19.3 Å². The summed E-state index contributed by atoms with van der Waals surface area (Å²) < 4.78 is 0.794. The van der Waals surface area contributed by atoms with Crippen LogP contribution in [-0.4, -0.2) is 35.4 Å². The number of benzene rings is 1. The SMILES string of the molecule is O=C(CNc1ccc(I)cc1[N+](=O)[O-])N1CCCCC1. The fourth-order valence-corrected chi connectivity index (χ4v) is 2.71. The summed E-state index contributed by atoms with van der Waals surface area (Å²) in [6, 6.07) is 4.92. The highest BCUT2D eigenvalue weighted by atomic mass is 127. The number of hydrogen-bond donors (Lipinski definition) is 1. The van der Waals surface area contributed by atoms with Gasteiger partial charge in [-0.25, -0.2) is 0 Å². The summed E-state index contributed by atoms with van der Waals surface area (Å²) in [5.74, 6) is -0.00227. The first kappa shape index (κ1) is 15.0. The minimum Gasteiger partial charge on any atom is -0.371 e. The number of nitrogens with zero attached hydrogens (tertiary/aromatic N) is 2. The number of rotatable bonds is 4. The number of nitro benzene ring substituents is 1. The van der Waals surface area contributed by atoms with Crippen molar-refractivity contribution >= 4 is 39.9 Å². The van der Waals surface area contributed by atoms with Crippen LogP contribution < -0.4 is 5.32 Å². The summed E-state index contributed by atoms with van der Waals surface area (Å²) in [6.07, 6.45) is 3.24. The lowest BCUT2D eigenvalue weighted by Gasteiger charge is -2.26. The second kappa shape index (κ2) is 6.87. The fourth-order valence-electron chi connectivity index (χ4n) is 2.23. The molecule has 6 nitrogen and oxygen atoms in total. The van der Waals surface area contributed by atoms with Crippen molar-refractivity contribution in [1.29, 1.82) is 0 Å². The second-order valence-electron chi connectivity index (χ2n) is 4.71. The predicted molar refractivity (Wildman–Crippen MR) is 84.7 cm³/mol. The van der Waals surface area contributed by atoms with Crippen LogP contribution in [0.3, 0.4) is 0 Å². The molecule has 1 aliphatic rings. The zero-order valence-electron chi connectivity index (χ0n) is 11.0. The number of nitro groups is 1. The lowest BCUT2D eigenvalue weighted by molar-refractivity contribution is -0.384. The Balaban J connectivity index is 1.99. The van der Waals surface area contributed by atoms with Gasteiger partial charge in [-0.15, -0.1) is 0 Å². The average Bonchev–Trinajstić information content (AvgIpc) is 2.46. The van der Waals surface area contributed by atoms with Gasteiger partial charge in [-0.3, -0.25) is 14.9 Å². The Bertz CT molecular complexity index is 516. The van der Waals surface area contributed by atoms with Gasteiger partial charge < -0.3 is 10.2 Å². The summed E-state index contributed by atoms with van der Waals surface area (Å²) in [5.41, 5.74) is 0.393.